The van der Waals surface area contributed by atoms with Crippen molar-refractivity contribution >= 4 is 5.78 Å². The lowest BCUT2D eigenvalue weighted by molar-refractivity contribution is -0.116. The van der Waals surface area contributed by atoms with Crippen molar-refractivity contribution < 1.29 is 4.79 Å². The average molecular weight is 136 g/mol. The normalized spacial score (nSPS) is 50.8. The first-order chi connectivity index (χ1) is 4.56. The maximum absolute atomic E-state index is 11.0. The van der Waals surface area contributed by atoms with E-state index in [1.807, 2.05) is 0 Å². The molecule has 1 heteroatoms. The van der Waals surface area contributed by atoms with E-state index in [0.717, 1.165) is 6.42 Å². The topological polar surface area (TPSA) is 17.1 Å². The summed E-state index contributed by atoms with van der Waals surface area (Å²) in [5.41, 5.74) is 0.680. The van der Waals surface area contributed by atoms with Crippen LogP contribution in [0.15, 0.2) is 12.2 Å². The van der Waals surface area contributed by atoms with Crippen LogP contribution < -0.4 is 0 Å². The van der Waals surface area contributed by atoms with E-state index in [2.05, 4.69) is 19.9 Å². The van der Waals surface area contributed by atoms with Crippen molar-refractivity contribution in [3.8, 4) is 0 Å². The minimum atomic E-state index is 0.303. The Bertz CT molecular complexity index is 229. The maximum atomic E-state index is 11.0. The molecule has 0 unspecified atom stereocenters. The average Bonchev–Trinajstić information content (AvgIpc) is 2.33. The van der Waals surface area contributed by atoms with Gasteiger partial charge in [0.1, 0.15) is 0 Å². The first-order valence-corrected chi connectivity index (χ1v) is 3.78. The summed E-state index contributed by atoms with van der Waals surface area (Å²) in [6.07, 6.45) is 5.79. The number of hydrogen-bond donors (Lipinski definition) is 0. The fourth-order valence-corrected chi connectivity index (χ4v) is 2.01. The minimum absolute atomic E-state index is 0.303. The molecule has 0 aromatic heterocycles. The van der Waals surface area contributed by atoms with Crippen LogP contribution in [0.25, 0.3) is 0 Å². The van der Waals surface area contributed by atoms with E-state index in [-0.39, 0.29) is 0 Å². The Labute approximate surface area is 61.1 Å². The molecule has 0 bridgehead atoms. The van der Waals surface area contributed by atoms with Crippen molar-refractivity contribution in [2.75, 3.05) is 0 Å². The van der Waals surface area contributed by atoms with Crippen molar-refractivity contribution in [1.29, 1.82) is 0 Å². The standard InChI is InChI=1S/C9H12O/c1-8-4-3-7(10)5-9(8,2)6-8/h3-4H,5-6H2,1-2H3/t8-,9+/m0/s1. The van der Waals surface area contributed by atoms with Crippen LogP contribution in [0.3, 0.4) is 0 Å². The van der Waals surface area contributed by atoms with Gasteiger partial charge in [0, 0.05) is 6.42 Å². The molecule has 0 aromatic rings. The second-order valence-corrected chi connectivity index (χ2v) is 4.13. The molecule has 1 saturated carbocycles. The SMILES string of the molecule is C[C@]12CC(=O)C=C[C@@]1(C)C2. The van der Waals surface area contributed by atoms with Gasteiger partial charge in [-0.1, -0.05) is 19.9 Å². The Kier molecular flexibility index (Phi) is 0.837. The minimum Gasteiger partial charge on any atom is -0.295 e. The molecular weight excluding hydrogens is 124 g/mol. The van der Waals surface area contributed by atoms with Gasteiger partial charge in [0.05, 0.1) is 0 Å². The van der Waals surface area contributed by atoms with Crippen LogP contribution in [0.2, 0.25) is 0 Å². The Morgan fingerprint density at radius 1 is 1.50 bits per heavy atom. The van der Waals surface area contributed by atoms with Crippen molar-refractivity contribution in [3.05, 3.63) is 12.2 Å². The van der Waals surface area contributed by atoms with E-state index in [1.165, 1.54) is 6.42 Å². The molecule has 0 radical (unpaired) electrons. The molecule has 0 spiro atoms. The van der Waals surface area contributed by atoms with Crippen molar-refractivity contribution in [1.82, 2.24) is 0 Å². The highest BCUT2D eigenvalue weighted by molar-refractivity contribution is 5.92. The molecule has 0 aliphatic heterocycles. The summed E-state index contributed by atoms with van der Waals surface area (Å²) in [7, 11) is 0. The fourth-order valence-electron chi connectivity index (χ4n) is 2.01. The van der Waals surface area contributed by atoms with Gasteiger partial charge in [-0.2, -0.15) is 0 Å². The third-order valence-electron chi connectivity index (χ3n) is 3.21. The third-order valence-corrected chi connectivity index (χ3v) is 3.21. The van der Waals surface area contributed by atoms with Gasteiger partial charge in [-0.25, -0.2) is 0 Å². The molecule has 2 aliphatic rings. The number of fused-ring (bicyclic) bond motifs is 1. The lowest BCUT2D eigenvalue weighted by atomic mass is 9.86. The number of carbonyl (C=O) groups is 1. The van der Waals surface area contributed by atoms with Crippen LogP contribution >= 0.6 is 0 Å². The number of hydrogen-bond acceptors (Lipinski definition) is 1. The van der Waals surface area contributed by atoms with Crippen molar-refractivity contribution in [2.45, 2.75) is 26.7 Å². The molecule has 2 aliphatic carbocycles. The Morgan fingerprint density at radius 3 is 2.70 bits per heavy atom. The summed E-state index contributed by atoms with van der Waals surface area (Å²) in [5, 5.41) is 0. The molecule has 54 valence electrons. The largest absolute Gasteiger partial charge is 0.295 e. The van der Waals surface area contributed by atoms with Crippen molar-refractivity contribution in [3.63, 3.8) is 0 Å². The van der Waals surface area contributed by atoms with Crippen LogP contribution in [0.5, 0.6) is 0 Å². The molecule has 0 aromatic carbocycles. The molecule has 0 saturated heterocycles. The van der Waals surface area contributed by atoms with E-state index >= 15 is 0 Å². The zero-order valence-electron chi connectivity index (χ0n) is 6.48. The predicted octanol–water partition coefficient (Wildman–Crippen LogP) is 1.93. The van der Waals surface area contributed by atoms with E-state index in [4.69, 9.17) is 0 Å². The molecule has 0 heterocycles. The Balaban J connectivity index is 2.35. The van der Waals surface area contributed by atoms with E-state index in [1.54, 1.807) is 6.08 Å². The maximum Gasteiger partial charge on any atom is 0.155 e. The van der Waals surface area contributed by atoms with Crippen LogP contribution in [0.4, 0.5) is 0 Å². The van der Waals surface area contributed by atoms with Gasteiger partial charge in [0.25, 0.3) is 0 Å². The van der Waals surface area contributed by atoms with Gasteiger partial charge >= 0.3 is 0 Å². The third kappa shape index (κ3) is 0.556. The Hall–Kier alpha value is -0.590. The molecule has 2 rings (SSSR count). The second-order valence-electron chi connectivity index (χ2n) is 4.13. The Morgan fingerprint density at radius 2 is 2.20 bits per heavy atom. The molecule has 1 fully saturated rings. The highest BCUT2D eigenvalue weighted by Crippen LogP contribution is 2.67. The fraction of sp³-hybridized carbons (Fsp3) is 0.667. The van der Waals surface area contributed by atoms with Gasteiger partial charge in [-0.05, 0) is 23.3 Å². The van der Waals surface area contributed by atoms with Crippen LogP contribution in [0.1, 0.15) is 26.7 Å². The van der Waals surface area contributed by atoms with Gasteiger partial charge in [-0.3, -0.25) is 4.79 Å². The molecule has 0 N–H and O–H groups in total. The quantitative estimate of drug-likeness (QED) is 0.497. The van der Waals surface area contributed by atoms with Gasteiger partial charge in [-0.15, -0.1) is 0 Å². The van der Waals surface area contributed by atoms with E-state index in [0.29, 0.717) is 16.6 Å². The monoisotopic (exact) mass is 136 g/mol. The van der Waals surface area contributed by atoms with Gasteiger partial charge < -0.3 is 0 Å². The molecule has 10 heavy (non-hydrogen) atoms. The lowest BCUT2D eigenvalue weighted by Crippen LogP contribution is -2.14. The van der Waals surface area contributed by atoms with Gasteiger partial charge in [0.2, 0.25) is 0 Å². The highest BCUT2D eigenvalue weighted by atomic mass is 16.1. The molecular formula is C9H12O. The summed E-state index contributed by atoms with van der Waals surface area (Å²) >= 11 is 0. The van der Waals surface area contributed by atoms with Gasteiger partial charge in [0.15, 0.2) is 5.78 Å². The van der Waals surface area contributed by atoms with Crippen molar-refractivity contribution in [2.24, 2.45) is 10.8 Å². The summed E-state index contributed by atoms with van der Waals surface area (Å²) in [6, 6.07) is 0. The zero-order chi connectivity index (χ0) is 7.41. The first-order valence-electron chi connectivity index (χ1n) is 3.78. The highest BCUT2D eigenvalue weighted by Gasteiger charge is 2.60. The molecule has 1 nitrogen and oxygen atoms in total. The summed E-state index contributed by atoms with van der Waals surface area (Å²) in [6.45, 7) is 4.43. The number of ketones is 1. The zero-order valence-corrected chi connectivity index (χ0v) is 6.48. The van der Waals surface area contributed by atoms with Crippen LogP contribution in [-0.4, -0.2) is 5.78 Å². The number of carbonyl (C=O) groups excluding carboxylic acids is 1. The number of rotatable bonds is 0. The summed E-state index contributed by atoms with van der Waals surface area (Å²) < 4.78 is 0. The summed E-state index contributed by atoms with van der Waals surface area (Å²) in [4.78, 5) is 11.0. The second kappa shape index (κ2) is 1.36. The van der Waals surface area contributed by atoms with Crippen LogP contribution in [-0.2, 0) is 4.79 Å². The number of allylic oxidation sites excluding steroid dienone is 2. The molecule has 2 atom stereocenters. The first kappa shape index (κ1) is 6.14. The summed E-state index contributed by atoms with van der Waals surface area (Å²) in [5.74, 6) is 0.303. The van der Waals surface area contributed by atoms with Crippen LogP contribution in [0, 0.1) is 10.8 Å². The molecule has 0 amide bonds. The van der Waals surface area contributed by atoms with E-state index in [9.17, 15) is 4.79 Å². The predicted molar refractivity (Wildman–Crippen MR) is 39.6 cm³/mol. The lowest BCUT2D eigenvalue weighted by Gasteiger charge is -2.17. The smallest absolute Gasteiger partial charge is 0.155 e. The van der Waals surface area contributed by atoms with E-state index < -0.39 is 0 Å².